The van der Waals surface area contributed by atoms with Crippen LogP contribution in [0.15, 0.2) is 23.4 Å². The molecular formula is C9H10Cl2N2O. The van der Waals surface area contributed by atoms with Gasteiger partial charge in [-0.25, -0.2) is 0 Å². The summed E-state index contributed by atoms with van der Waals surface area (Å²) in [5.74, 6) is 0. The predicted octanol–water partition coefficient (Wildman–Crippen LogP) is 2.30. The summed E-state index contributed by atoms with van der Waals surface area (Å²) in [6.45, 7) is 0.259. The van der Waals surface area contributed by atoms with Gasteiger partial charge in [0, 0.05) is 17.1 Å². The number of benzene rings is 1. The van der Waals surface area contributed by atoms with Gasteiger partial charge in [-0.1, -0.05) is 28.4 Å². The fraction of sp³-hybridized carbons (Fsp3) is 0.222. The van der Waals surface area contributed by atoms with E-state index >= 15 is 0 Å². The molecule has 76 valence electrons. The van der Waals surface area contributed by atoms with Crippen molar-refractivity contribution in [1.29, 1.82) is 0 Å². The zero-order valence-electron chi connectivity index (χ0n) is 7.63. The van der Waals surface area contributed by atoms with E-state index in [-0.39, 0.29) is 6.54 Å². The SMILES string of the molecule is CON=C(CN)c1ccc(Cl)cc1Cl. The molecule has 0 fully saturated rings. The zero-order chi connectivity index (χ0) is 10.6. The van der Waals surface area contributed by atoms with Crippen molar-refractivity contribution in [3.8, 4) is 0 Å². The molecule has 0 aromatic heterocycles. The Labute approximate surface area is 92.4 Å². The molecule has 1 aromatic carbocycles. The predicted molar refractivity (Wildman–Crippen MR) is 59.1 cm³/mol. The van der Waals surface area contributed by atoms with Crippen LogP contribution < -0.4 is 5.73 Å². The minimum Gasteiger partial charge on any atom is -0.399 e. The standard InChI is InChI=1S/C9H10Cl2N2O/c1-14-13-9(5-12)7-3-2-6(10)4-8(7)11/h2-4H,5,12H2,1H3. The van der Waals surface area contributed by atoms with Gasteiger partial charge in [0.2, 0.25) is 0 Å². The molecule has 0 aliphatic carbocycles. The molecule has 1 rings (SSSR count). The second kappa shape index (κ2) is 5.20. The molecule has 14 heavy (non-hydrogen) atoms. The summed E-state index contributed by atoms with van der Waals surface area (Å²) >= 11 is 11.7. The molecule has 0 saturated heterocycles. The Morgan fingerprint density at radius 2 is 2.21 bits per heavy atom. The second-order valence-corrected chi connectivity index (χ2v) is 3.39. The lowest BCUT2D eigenvalue weighted by atomic mass is 10.1. The highest BCUT2D eigenvalue weighted by Gasteiger charge is 2.07. The third-order valence-corrected chi connectivity index (χ3v) is 2.18. The van der Waals surface area contributed by atoms with Crippen LogP contribution in [0.1, 0.15) is 5.56 Å². The molecule has 0 radical (unpaired) electrons. The molecule has 2 N–H and O–H groups in total. The Bertz CT molecular complexity index is 353. The minimum atomic E-state index is 0.259. The van der Waals surface area contributed by atoms with Crippen molar-refractivity contribution in [2.75, 3.05) is 13.7 Å². The first kappa shape index (κ1) is 11.3. The van der Waals surface area contributed by atoms with Crippen LogP contribution in [-0.4, -0.2) is 19.4 Å². The maximum absolute atomic E-state index is 5.96. The third kappa shape index (κ3) is 2.61. The number of halogens is 2. The van der Waals surface area contributed by atoms with E-state index in [4.69, 9.17) is 28.9 Å². The Morgan fingerprint density at radius 3 is 2.71 bits per heavy atom. The molecular weight excluding hydrogens is 223 g/mol. The maximum Gasteiger partial charge on any atom is 0.106 e. The largest absolute Gasteiger partial charge is 0.399 e. The molecule has 0 heterocycles. The van der Waals surface area contributed by atoms with Crippen molar-refractivity contribution < 1.29 is 4.84 Å². The second-order valence-electron chi connectivity index (χ2n) is 2.55. The van der Waals surface area contributed by atoms with E-state index in [0.29, 0.717) is 15.8 Å². The number of oxime groups is 1. The highest BCUT2D eigenvalue weighted by molar-refractivity contribution is 6.37. The van der Waals surface area contributed by atoms with Crippen LogP contribution in [0.4, 0.5) is 0 Å². The number of hydrogen-bond donors (Lipinski definition) is 1. The summed E-state index contributed by atoms with van der Waals surface area (Å²) in [5, 5.41) is 4.86. The van der Waals surface area contributed by atoms with E-state index in [1.165, 1.54) is 7.11 Å². The van der Waals surface area contributed by atoms with Gasteiger partial charge in [0.25, 0.3) is 0 Å². The summed E-state index contributed by atoms with van der Waals surface area (Å²) < 4.78 is 0. The average molecular weight is 233 g/mol. The minimum absolute atomic E-state index is 0.259. The van der Waals surface area contributed by atoms with Crippen LogP contribution in [0.2, 0.25) is 10.0 Å². The van der Waals surface area contributed by atoms with E-state index in [0.717, 1.165) is 5.56 Å². The molecule has 0 amide bonds. The van der Waals surface area contributed by atoms with Crippen molar-refractivity contribution in [3.05, 3.63) is 33.8 Å². The van der Waals surface area contributed by atoms with Gasteiger partial charge < -0.3 is 10.6 Å². The quantitative estimate of drug-likeness (QED) is 0.643. The summed E-state index contributed by atoms with van der Waals surface area (Å²) in [4.78, 5) is 4.65. The molecule has 0 atom stereocenters. The molecule has 0 aliphatic rings. The smallest absolute Gasteiger partial charge is 0.106 e. The van der Waals surface area contributed by atoms with E-state index in [1.807, 2.05) is 0 Å². The van der Waals surface area contributed by atoms with E-state index in [1.54, 1.807) is 18.2 Å². The van der Waals surface area contributed by atoms with Gasteiger partial charge in [-0.15, -0.1) is 0 Å². The van der Waals surface area contributed by atoms with Crippen LogP contribution in [0.3, 0.4) is 0 Å². The van der Waals surface area contributed by atoms with Crippen LogP contribution >= 0.6 is 23.2 Å². The maximum atomic E-state index is 5.96. The average Bonchev–Trinajstić information content (AvgIpc) is 2.15. The first-order valence-corrected chi connectivity index (χ1v) is 4.70. The highest BCUT2D eigenvalue weighted by atomic mass is 35.5. The molecule has 0 bridgehead atoms. The van der Waals surface area contributed by atoms with Crippen molar-refractivity contribution >= 4 is 28.9 Å². The van der Waals surface area contributed by atoms with Crippen LogP contribution in [0, 0.1) is 0 Å². The zero-order valence-corrected chi connectivity index (χ0v) is 9.14. The molecule has 0 spiro atoms. The Kier molecular flexibility index (Phi) is 4.20. The number of nitrogens with zero attached hydrogens (tertiary/aromatic N) is 1. The van der Waals surface area contributed by atoms with Crippen LogP contribution in [0.5, 0.6) is 0 Å². The first-order chi connectivity index (χ1) is 6.69. The highest BCUT2D eigenvalue weighted by Crippen LogP contribution is 2.21. The van der Waals surface area contributed by atoms with Crippen molar-refractivity contribution in [3.63, 3.8) is 0 Å². The lowest BCUT2D eigenvalue weighted by molar-refractivity contribution is 0.213. The van der Waals surface area contributed by atoms with Crippen LogP contribution in [-0.2, 0) is 4.84 Å². The number of rotatable bonds is 3. The van der Waals surface area contributed by atoms with E-state index in [9.17, 15) is 0 Å². The summed E-state index contributed by atoms with van der Waals surface area (Å²) in [6, 6.07) is 5.12. The fourth-order valence-electron chi connectivity index (χ4n) is 1.03. The van der Waals surface area contributed by atoms with Crippen molar-refractivity contribution in [2.24, 2.45) is 10.9 Å². The Balaban J connectivity index is 3.11. The number of hydrogen-bond acceptors (Lipinski definition) is 3. The Morgan fingerprint density at radius 1 is 1.50 bits per heavy atom. The Hall–Kier alpha value is -0.770. The lowest BCUT2D eigenvalue weighted by Crippen LogP contribution is -2.15. The van der Waals surface area contributed by atoms with Gasteiger partial charge in [-0.2, -0.15) is 0 Å². The van der Waals surface area contributed by atoms with Gasteiger partial charge in [-0.05, 0) is 18.2 Å². The topological polar surface area (TPSA) is 47.6 Å². The third-order valence-electron chi connectivity index (χ3n) is 1.64. The normalized spacial score (nSPS) is 11.6. The van der Waals surface area contributed by atoms with E-state index < -0.39 is 0 Å². The van der Waals surface area contributed by atoms with Crippen molar-refractivity contribution in [2.45, 2.75) is 0 Å². The summed E-state index contributed by atoms with van der Waals surface area (Å²) in [5.41, 5.74) is 6.82. The molecule has 0 unspecified atom stereocenters. The summed E-state index contributed by atoms with van der Waals surface area (Å²) in [6.07, 6.45) is 0. The van der Waals surface area contributed by atoms with Crippen molar-refractivity contribution in [1.82, 2.24) is 0 Å². The number of nitrogens with two attached hydrogens (primary N) is 1. The first-order valence-electron chi connectivity index (χ1n) is 3.94. The van der Waals surface area contributed by atoms with Crippen LogP contribution in [0.25, 0.3) is 0 Å². The van der Waals surface area contributed by atoms with Gasteiger partial charge >= 0.3 is 0 Å². The lowest BCUT2D eigenvalue weighted by Gasteiger charge is -2.05. The van der Waals surface area contributed by atoms with Gasteiger partial charge in [0.05, 0.1) is 5.02 Å². The fourth-order valence-corrected chi connectivity index (χ4v) is 1.55. The molecule has 1 aromatic rings. The molecule has 5 heteroatoms. The molecule has 3 nitrogen and oxygen atoms in total. The molecule has 0 aliphatic heterocycles. The molecule has 0 saturated carbocycles. The van der Waals surface area contributed by atoms with Gasteiger partial charge in [-0.3, -0.25) is 0 Å². The summed E-state index contributed by atoms with van der Waals surface area (Å²) in [7, 11) is 1.46. The van der Waals surface area contributed by atoms with Gasteiger partial charge in [0.15, 0.2) is 0 Å². The van der Waals surface area contributed by atoms with Gasteiger partial charge in [0.1, 0.15) is 12.8 Å². The van der Waals surface area contributed by atoms with E-state index in [2.05, 4.69) is 9.99 Å². The monoisotopic (exact) mass is 232 g/mol.